The SMILES string of the molecule is C=CCC(C)NS(=O)(=O)CCNC(C)C. The number of sulfonamides is 1. The molecule has 0 aromatic rings. The van der Waals surface area contributed by atoms with Crippen LogP contribution in [-0.4, -0.2) is 32.8 Å². The fraction of sp³-hybridized carbons (Fsp3) is 0.800. The molecule has 0 radical (unpaired) electrons. The number of nitrogens with one attached hydrogen (secondary N) is 2. The molecule has 0 aromatic heterocycles. The summed E-state index contributed by atoms with van der Waals surface area (Å²) in [7, 11) is -3.16. The number of hydrogen-bond donors (Lipinski definition) is 2. The predicted octanol–water partition coefficient (Wildman–Crippen LogP) is 0.868. The van der Waals surface area contributed by atoms with Crippen molar-refractivity contribution in [1.82, 2.24) is 10.0 Å². The molecule has 0 amide bonds. The van der Waals surface area contributed by atoms with E-state index >= 15 is 0 Å². The van der Waals surface area contributed by atoms with Gasteiger partial charge in [-0.1, -0.05) is 19.9 Å². The Morgan fingerprint density at radius 2 is 1.93 bits per heavy atom. The van der Waals surface area contributed by atoms with Crippen LogP contribution >= 0.6 is 0 Å². The monoisotopic (exact) mass is 234 g/mol. The van der Waals surface area contributed by atoms with Crippen molar-refractivity contribution in [2.75, 3.05) is 12.3 Å². The van der Waals surface area contributed by atoms with Crippen LogP contribution in [0.4, 0.5) is 0 Å². The van der Waals surface area contributed by atoms with Crippen LogP contribution in [-0.2, 0) is 10.0 Å². The Bertz CT molecular complexity index is 273. The molecule has 4 nitrogen and oxygen atoms in total. The Balaban J connectivity index is 3.91. The van der Waals surface area contributed by atoms with Crippen LogP contribution in [0.1, 0.15) is 27.2 Å². The molecule has 90 valence electrons. The van der Waals surface area contributed by atoms with E-state index in [0.29, 0.717) is 19.0 Å². The average Bonchev–Trinajstić information content (AvgIpc) is 2.01. The lowest BCUT2D eigenvalue weighted by atomic mass is 10.3. The molecule has 0 spiro atoms. The fourth-order valence-corrected chi connectivity index (χ4v) is 2.36. The number of hydrogen-bond acceptors (Lipinski definition) is 3. The van der Waals surface area contributed by atoms with E-state index in [2.05, 4.69) is 16.6 Å². The molecule has 0 heterocycles. The molecule has 2 N–H and O–H groups in total. The summed E-state index contributed by atoms with van der Waals surface area (Å²) >= 11 is 0. The minimum absolute atomic E-state index is 0.0773. The summed E-state index contributed by atoms with van der Waals surface area (Å²) in [6, 6.07) is 0.234. The maximum absolute atomic E-state index is 11.5. The zero-order chi connectivity index (χ0) is 11.9. The lowest BCUT2D eigenvalue weighted by molar-refractivity contribution is 0.551. The summed E-state index contributed by atoms with van der Waals surface area (Å²) < 4.78 is 25.6. The van der Waals surface area contributed by atoms with Crippen LogP contribution in [0, 0.1) is 0 Å². The van der Waals surface area contributed by atoms with E-state index in [1.54, 1.807) is 6.08 Å². The van der Waals surface area contributed by atoms with Gasteiger partial charge in [-0.2, -0.15) is 0 Å². The van der Waals surface area contributed by atoms with E-state index in [1.165, 1.54) is 0 Å². The molecule has 15 heavy (non-hydrogen) atoms. The van der Waals surface area contributed by atoms with E-state index in [9.17, 15) is 8.42 Å². The van der Waals surface area contributed by atoms with Gasteiger partial charge in [0.2, 0.25) is 10.0 Å². The summed E-state index contributed by atoms with van der Waals surface area (Å²) in [5.41, 5.74) is 0. The molecule has 0 aliphatic heterocycles. The minimum Gasteiger partial charge on any atom is -0.313 e. The molecular weight excluding hydrogens is 212 g/mol. The van der Waals surface area contributed by atoms with Gasteiger partial charge in [-0.3, -0.25) is 0 Å². The van der Waals surface area contributed by atoms with Crippen molar-refractivity contribution in [1.29, 1.82) is 0 Å². The second-order valence-electron chi connectivity index (χ2n) is 3.97. The third-order valence-electron chi connectivity index (χ3n) is 1.82. The van der Waals surface area contributed by atoms with E-state index in [0.717, 1.165) is 0 Å². The second kappa shape index (κ2) is 6.98. The molecule has 0 saturated carbocycles. The van der Waals surface area contributed by atoms with Crippen LogP contribution in [0.3, 0.4) is 0 Å². The molecule has 5 heteroatoms. The highest BCUT2D eigenvalue weighted by Gasteiger charge is 2.12. The Morgan fingerprint density at radius 1 is 1.33 bits per heavy atom. The summed E-state index contributed by atoms with van der Waals surface area (Å²) in [6.07, 6.45) is 2.36. The molecule has 0 aliphatic rings. The van der Waals surface area contributed by atoms with Gasteiger partial charge in [0, 0.05) is 18.6 Å². The van der Waals surface area contributed by atoms with Crippen LogP contribution in [0.25, 0.3) is 0 Å². The summed E-state index contributed by atoms with van der Waals surface area (Å²) in [5, 5.41) is 3.07. The smallest absolute Gasteiger partial charge is 0.213 e. The van der Waals surface area contributed by atoms with Crippen LogP contribution < -0.4 is 10.0 Å². The molecular formula is C10H22N2O2S. The Labute approximate surface area is 93.2 Å². The minimum atomic E-state index is -3.16. The standard InChI is InChI=1S/C10H22N2O2S/c1-5-6-10(4)12-15(13,14)8-7-11-9(2)3/h5,9-12H,1,6-8H2,2-4H3. The average molecular weight is 234 g/mol. The number of rotatable bonds is 8. The van der Waals surface area contributed by atoms with Crippen LogP contribution in [0.2, 0.25) is 0 Å². The molecule has 1 atom stereocenters. The van der Waals surface area contributed by atoms with Crippen LogP contribution in [0.15, 0.2) is 12.7 Å². The van der Waals surface area contributed by atoms with Gasteiger partial charge in [0.15, 0.2) is 0 Å². The first-order valence-corrected chi connectivity index (χ1v) is 6.87. The largest absolute Gasteiger partial charge is 0.313 e. The van der Waals surface area contributed by atoms with Gasteiger partial charge in [-0.15, -0.1) is 6.58 Å². The molecule has 0 bridgehead atoms. The molecule has 0 aliphatic carbocycles. The van der Waals surface area contributed by atoms with E-state index < -0.39 is 10.0 Å². The van der Waals surface area contributed by atoms with Crippen molar-refractivity contribution in [3.63, 3.8) is 0 Å². The van der Waals surface area contributed by atoms with Crippen molar-refractivity contribution in [2.45, 2.75) is 39.3 Å². The normalized spacial score (nSPS) is 14.1. The van der Waals surface area contributed by atoms with E-state index in [-0.39, 0.29) is 11.8 Å². The zero-order valence-electron chi connectivity index (χ0n) is 9.79. The lowest BCUT2D eigenvalue weighted by Crippen LogP contribution is -2.38. The van der Waals surface area contributed by atoms with E-state index in [1.807, 2.05) is 20.8 Å². The van der Waals surface area contributed by atoms with Gasteiger partial charge in [-0.05, 0) is 13.3 Å². The Morgan fingerprint density at radius 3 is 2.40 bits per heavy atom. The van der Waals surface area contributed by atoms with Gasteiger partial charge < -0.3 is 5.32 Å². The maximum atomic E-state index is 11.5. The first kappa shape index (κ1) is 14.6. The lowest BCUT2D eigenvalue weighted by Gasteiger charge is -2.13. The first-order chi connectivity index (χ1) is 6.87. The zero-order valence-corrected chi connectivity index (χ0v) is 10.6. The molecule has 0 aromatic carbocycles. The van der Waals surface area contributed by atoms with Gasteiger partial charge >= 0.3 is 0 Å². The van der Waals surface area contributed by atoms with Gasteiger partial charge in [0.25, 0.3) is 0 Å². The third-order valence-corrected chi connectivity index (χ3v) is 3.33. The highest BCUT2D eigenvalue weighted by molar-refractivity contribution is 7.89. The summed E-state index contributed by atoms with van der Waals surface area (Å²) in [4.78, 5) is 0. The Kier molecular flexibility index (Phi) is 6.80. The summed E-state index contributed by atoms with van der Waals surface area (Å²) in [5.74, 6) is 0.118. The van der Waals surface area contributed by atoms with Crippen LogP contribution in [0.5, 0.6) is 0 Å². The molecule has 0 saturated heterocycles. The maximum Gasteiger partial charge on any atom is 0.213 e. The van der Waals surface area contributed by atoms with Crippen molar-refractivity contribution in [3.05, 3.63) is 12.7 Å². The third kappa shape index (κ3) is 8.59. The summed E-state index contributed by atoms with van der Waals surface area (Å²) in [6.45, 7) is 9.85. The molecule has 0 rings (SSSR count). The first-order valence-electron chi connectivity index (χ1n) is 5.21. The quantitative estimate of drug-likeness (QED) is 0.613. The van der Waals surface area contributed by atoms with Gasteiger partial charge in [0.05, 0.1) is 5.75 Å². The van der Waals surface area contributed by atoms with Crippen molar-refractivity contribution in [2.24, 2.45) is 0 Å². The van der Waals surface area contributed by atoms with Crippen molar-refractivity contribution in [3.8, 4) is 0 Å². The molecule has 0 fully saturated rings. The predicted molar refractivity (Wildman–Crippen MR) is 64.3 cm³/mol. The van der Waals surface area contributed by atoms with Gasteiger partial charge in [-0.25, -0.2) is 13.1 Å². The highest BCUT2D eigenvalue weighted by Crippen LogP contribution is 1.94. The van der Waals surface area contributed by atoms with Gasteiger partial charge in [0.1, 0.15) is 0 Å². The van der Waals surface area contributed by atoms with E-state index in [4.69, 9.17) is 0 Å². The molecule has 1 unspecified atom stereocenters. The second-order valence-corrected chi connectivity index (χ2v) is 5.84. The van der Waals surface area contributed by atoms with Crippen molar-refractivity contribution >= 4 is 10.0 Å². The topological polar surface area (TPSA) is 58.2 Å². The highest BCUT2D eigenvalue weighted by atomic mass is 32.2. The Hall–Kier alpha value is -0.390. The fourth-order valence-electron chi connectivity index (χ4n) is 1.15. The van der Waals surface area contributed by atoms with Crippen molar-refractivity contribution < 1.29 is 8.42 Å².